The lowest BCUT2D eigenvalue weighted by Gasteiger charge is -2.04. The van der Waals surface area contributed by atoms with E-state index in [-0.39, 0.29) is 11.0 Å². The summed E-state index contributed by atoms with van der Waals surface area (Å²) in [4.78, 5) is 26.2. The van der Waals surface area contributed by atoms with E-state index >= 15 is 0 Å². The molecule has 0 radical (unpaired) electrons. The van der Waals surface area contributed by atoms with Gasteiger partial charge in [-0.2, -0.15) is 0 Å². The zero-order valence-corrected chi connectivity index (χ0v) is 8.70. The third kappa shape index (κ3) is 1.47. The Kier molecular flexibility index (Phi) is 2.46. The standard InChI is InChI=1S/C11H11N3O2/c1-6-3-2-4-7-9(6)13-5-8(10(7)15)11(16)14-12/h2-5H,12H2,1H3,(H,13,15)(H,14,16). The van der Waals surface area contributed by atoms with Gasteiger partial charge in [0, 0.05) is 11.6 Å². The van der Waals surface area contributed by atoms with Gasteiger partial charge in [-0.05, 0) is 18.6 Å². The SMILES string of the molecule is Cc1cccc2c(=O)c(C(=O)NN)c[nH]c12. The van der Waals surface area contributed by atoms with Crippen LogP contribution in [0, 0.1) is 6.92 Å². The highest BCUT2D eigenvalue weighted by molar-refractivity contribution is 5.97. The van der Waals surface area contributed by atoms with Gasteiger partial charge in [-0.25, -0.2) is 5.84 Å². The third-order valence-electron chi connectivity index (χ3n) is 2.50. The van der Waals surface area contributed by atoms with Crippen molar-refractivity contribution in [2.24, 2.45) is 5.84 Å². The molecule has 5 nitrogen and oxygen atoms in total. The van der Waals surface area contributed by atoms with Crippen LogP contribution in [0.25, 0.3) is 10.9 Å². The number of hydrogen-bond acceptors (Lipinski definition) is 3. The van der Waals surface area contributed by atoms with Crippen molar-refractivity contribution in [2.45, 2.75) is 6.92 Å². The lowest BCUT2D eigenvalue weighted by Crippen LogP contribution is -2.33. The highest BCUT2D eigenvalue weighted by atomic mass is 16.2. The normalized spacial score (nSPS) is 10.4. The number of amides is 1. The zero-order valence-electron chi connectivity index (χ0n) is 8.70. The Labute approximate surface area is 91.2 Å². The van der Waals surface area contributed by atoms with Crippen LogP contribution < -0.4 is 16.7 Å². The minimum absolute atomic E-state index is 0.0144. The summed E-state index contributed by atoms with van der Waals surface area (Å²) in [7, 11) is 0. The number of rotatable bonds is 1. The van der Waals surface area contributed by atoms with Crippen molar-refractivity contribution >= 4 is 16.8 Å². The highest BCUT2D eigenvalue weighted by Gasteiger charge is 2.11. The van der Waals surface area contributed by atoms with Crippen LogP contribution >= 0.6 is 0 Å². The maximum absolute atomic E-state index is 11.9. The van der Waals surface area contributed by atoms with Gasteiger partial charge in [-0.15, -0.1) is 0 Å². The molecule has 5 heteroatoms. The van der Waals surface area contributed by atoms with E-state index in [1.165, 1.54) is 6.20 Å². The summed E-state index contributed by atoms with van der Waals surface area (Å²) in [5, 5.41) is 0.487. The second kappa shape index (κ2) is 3.79. The Hall–Kier alpha value is -2.14. The largest absolute Gasteiger partial charge is 0.360 e. The molecule has 0 spiro atoms. The average Bonchev–Trinajstić information content (AvgIpc) is 2.30. The number of pyridine rings is 1. The Balaban J connectivity index is 2.81. The summed E-state index contributed by atoms with van der Waals surface area (Å²) < 4.78 is 0. The van der Waals surface area contributed by atoms with Gasteiger partial charge in [0.05, 0.1) is 5.52 Å². The molecule has 1 aromatic heterocycles. The summed E-state index contributed by atoms with van der Waals surface area (Å²) in [6.07, 6.45) is 1.37. The van der Waals surface area contributed by atoms with Gasteiger partial charge in [0.2, 0.25) is 5.43 Å². The van der Waals surface area contributed by atoms with Gasteiger partial charge < -0.3 is 4.98 Å². The van der Waals surface area contributed by atoms with E-state index < -0.39 is 5.91 Å². The number of nitrogens with one attached hydrogen (secondary N) is 2. The molecular formula is C11H11N3O2. The Morgan fingerprint density at radius 3 is 2.88 bits per heavy atom. The van der Waals surface area contributed by atoms with Crippen LogP contribution in [0.15, 0.2) is 29.2 Å². The van der Waals surface area contributed by atoms with Gasteiger partial charge in [0.1, 0.15) is 5.56 Å². The van der Waals surface area contributed by atoms with Crippen LogP contribution in [0.1, 0.15) is 15.9 Å². The first kappa shape index (κ1) is 10.4. The Morgan fingerprint density at radius 1 is 1.44 bits per heavy atom. The van der Waals surface area contributed by atoms with Crippen LogP contribution in [0.2, 0.25) is 0 Å². The molecule has 0 fully saturated rings. The quantitative estimate of drug-likeness (QED) is 0.368. The lowest BCUT2D eigenvalue weighted by molar-refractivity contribution is 0.0952. The molecule has 1 amide bonds. The van der Waals surface area contributed by atoms with E-state index in [4.69, 9.17) is 5.84 Å². The number of benzene rings is 1. The number of carbonyl (C=O) groups excluding carboxylic acids is 1. The fourth-order valence-corrected chi connectivity index (χ4v) is 1.65. The third-order valence-corrected chi connectivity index (χ3v) is 2.50. The lowest BCUT2D eigenvalue weighted by atomic mass is 10.1. The van der Waals surface area contributed by atoms with Crippen LogP contribution in [0.3, 0.4) is 0 Å². The van der Waals surface area contributed by atoms with Crippen molar-refractivity contribution in [3.8, 4) is 0 Å². The number of hydrogen-bond donors (Lipinski definition) is 3. The number of H-pyrrole nitrogens is 1. The molecule has 2 rings (SSSR count). The number of aryl methyl sites for hydroxylation is 1. The number of aromatic amines is 1. The van der Waals surface area contributed by atoms with E-state index in [0.29, 0.717) is 5.39 Å². The Bertz CT molecular complexity index is 616. The summed E-state index contributed by atoms with van der Waals surface area (Å²) in [6, 6.07) is 5.34. The van der Waals surface area contributed by atoms with Gasteiger partial charge in [-0.1, -0.05) is 12.1 Å². The van der Waals surface area contributed by atoms with Gasteiger partial charge in [-0.3, -0.25) is 15.0 Å². The van der Waals surface area contributed by atoms with E-state index in [1.54, 1.807) is 12.1 Å². The van der Waals surface area contributed by atoms with E-state index in [9.17, 15) is 9.59 Å². The molecule has 82 valence electrons. The summed E-state index contributed by atoms with van der Waals surface area (Å²) in [5.41, 5.74) is 3.33. The van der Waals surface area contributed by atoms with Crippen molar-refractivity contribution in [3.63, 3.8) is 0 Å². The van der Waals surface area contributed by atoms with Crippen LogP contribution in [0.5, 0.6) is 0 Å². The van der Waals surface area contributed by atoms with Gasteiger partial charge >= 0.3 is 0 Å². The molecule has 0 saturated carbocycles. The second-order valence-electron chi connectivity index (χ2n) is 3.50. The van der Waals surface area contributed by atoms with Crippen LogP contribution in [-0.4, -0.2) is 10.9 Å². The molecule has 0 atom stereocenters. The molecule has 1 heterocycles. The smallest absolute Gasteiger partial charge is 0.270 e. The first-order valence-corrected chi connectivity index (χ1v) is 4.77. The molecule has 0 aliphatic rings. The number of nitrogens with two attached hydrogens (primary N) is 1. The molecule has 16 heavy (non-hydrogen) atoms. The maximum atomic E-state index is 11.9. The van der Waals surface area contributed by atoms with Crippen molar-refractivity contribution in [3.05, 3.63) is 45.7 Å². The molecule has 0 bridgehead atoms. The summed E-state index contributed by atoms with van der Waals surface area (Å²) in [5.74, 6) is 4.40. The first-order chi connectivity index (χ1) is 7.65. The number of aromatic nitrogens is 1. The number of fused-ring (bicyclic) bond motifs is 1. The van der Waals surface area contributed by atoms with Gasteiger partial charge in [0.25, 0.3) is 5.91 Å². The highest BCUT2D eigenvalue weighted by Crippen LogP contribution is 2.12. The van der Waals surface area contributed by atoms with Crippen molar-refractivity contribution in [2.75, 3.05) is 0 Å². The van der Waals surface area contributed by atoms with Crippen molar-refractivity contribution < 1.29 is 4.79 Å². The predicted octanol–water partition coefficient (Wildman–Crippen LogP) is 0.440. The van der Waals surface area contributed by atoms with Crippen molar-refractivity contribution in [1.82, 2.24) is 10.4 Å². The molecule has 0 aliphatic carbocycles. The summed E-state index contributed by atoms with van der Waals surface area (Å²) in [6.45, 7) is 1.89. The number of carbonyl (C=O) groups is 1. The summed E-state index contributed by atoms with van der Waals surface area (Å²) >= 11 is 0. The molecule has 0 aliphatic heterocycles. The maximum Gasteiger partial charge on any atom is 0.270 e. The number of hydrazine groups is 1. The van der Waals surface area contributed by atoms with Crippen molar-refractivity contribution in [1.29, 1.82) is 0 Å². The number of nitrogen functional groups attached to an aromatic ring is 1. The van der Waals surface area contributed by atoms with E-state index in [1.807, 2.05) is 18.4 Å². The fraction of sp³-hybridized carbons (Fsp3) is 0.0909. The van der Waals surface area contributed by atoms with E-state index in [0.717, 1.165) is 11.1 Å². The van der Waals surface area contributed by atoms with E-state index in [2.05, 4.69) is 4.98 Å². The molecule has 1 aromatic carbocycles. The van der Waals surface area contributed by atoms with Crippen LogP contribution in [-0.2, 0) is 0 Å². The molecule has 2 aromatic rings. The zero-order chi connectivity index (χ0) is 11.7. The van der Waals surface area contributed by atoms with Gasteiger partial charge in [0.15, 0.2) is 0 Å². The molecule has 0 saturated heterocycles. The minimum atomic E-state index is -0.593. The average molecular weight is 217 g/mol. The van der Waals surface area contributed by atoms with Crippen LogP contribution in [0.4, 0.5) is 0 Å². The first-order valence-electron chi connectivity index (χ1n) is 4.77. The topological polar surface area (TPSA) is 88.0 Å². The second-order valence-corrected chi connectivity index (χ2v) is 3.50. The number of para-hydroxylation sites is 1. The minimum Gasteiger partial charge on any atom is -0.360 e. The predicted molar refractivity (Wildman–Crippen MR) is 61.0 cm³/mol. The monoisotopic (exact) mass is 217 g/mol. The molecular weight excluding hydrogens is 206 g/mol. The molecule has 4 N–H and O–H groups in total. The fourth-order valence-electron chi connectivity index (χ4n) is 1.65. The molecule has 0 unspecified atom stereocenters. The Morgan fingerprint density at radius 2 is 2.19 bits per heavy atom.